The summed E-state index contributed by atoms with van der Waals surface area (Å²) in [6.45, 7) is 0. The fourth-order valence-electron chi connectivity index (χ4n) is 2.18. The Kier molecular flexibility index (Phi) is 3.18. The first-order valence-electron chi connectivity index (χ1n) is 6.11. The molecular weight excluding hydrogens is 260 g/mol. The second-order valence-corrected chi connectivity index (χ2v) is 6.51. The largest absolute Gasteiger partial charge is 0.320 e. The van der Waals surface area contributed by atoms with Gasteiger partial charge in [0.1, 0.15) is 5.01 Å². The molecule has 0 spiro atoms. The number of nitrogens with two attached hydrogens (primary N) is 1. The van der Waals surface area contributed by atoms with Crippen LogP contribution >= 0.6 is 23.1 Å². The molecule has 0 bridgehead atoms. The van der Waals surface area contributed by atoms with Crippen molar-refractivity contribution in [2.75, 3.05) is 6.26 Å². The van der Waals surface area contributed by atoms with Gasteiger partial charge in [-0.3, -0.25) is 0 Å². The average molecular weight is 276 g/mol. The number of benzene rings is 1. The standard InChI is InChI=1S/C14H16N2S2/c1-17-11-5-3-10(4-6-11)13-16-12(9-18-13)14(15)7-2-8-14/h3-6,9H,2,7-8,15H2,1H3. The third-order valence-corrected chi connectivity index (χ3v) is 5.23. The molecule has 0 radical (unpaired) electrons. The van der Waals surface area contributed by atoms with Crippen LogP contribution in [0, 0.1) is 0 Å². The zero-order valence-electron chi connectivity index (χ0n) is 10.3. The first-order chi connectivity index (χ1) is 8.71. The molecule has 94 valence electrons. The van der Waals surface area contributed by atoms with Crippen LogP contribution in [0.2, 0.25) is 0 Å². The minimum Gasteiger partial charge on any atom is -0.320 e. The Hall–Kier alpha value is -0.840. The lowest BCUT2D eigenvalue weighted by molar-refractivity contribution is 0.247. The summed E-state index contributed by atoms with van der Waals surface area (Å²) in [5, 5.41) is 3.20. The minimum absolute atomic E-state index is 0.145. The summed E-state index contributed by atoms with van der Waals surface area (Å²) >= 11 is 3.45. The van der Waals surface area contributed by atoms with Gasteiger partial charge in [-0.2, -0.15) is 0 Å². The zero-order chi connectivity index (χ0) is 12.6. The molecule has 18 heavy (non-hydrogen) atoms. The molecule has 2 N–H and O–H groups in total. The Bertz CT molecular complexity index is 541. The first kappa shape index (κ1) is 12.2. The maximum atomic E-state index is 6.30. The van der Waals surface area contributed by atoms with Crippen molar-refractivity contribution < 1.29 is 0 Å². The van der Waals surface area contributed by atoms with E-state index < -0.39 is 0 Å². The van der Waals surface area contributed by atoms with Crippen LogP contribution in [0.1, 0.15) is 25.0 Å². The second kappa shape index (κ2) is 4.68. The van der Waals surface area contributed by atoms with Gasteiger partial charge in [0.05, 0.1) is 11.2 Å². The second-order valence-electron chi connectivity index (χ2n) is 4.78. The van der Waals surface area contributed by atoms with Gasteiger partial charge in [-0.1, -0.05) is 12.1 Å². The van der Waals surface area contributed by atoms with E-state index in [0.29, 0.717) is 0 Å². The lowest BCUT2D eigenvalue weighted by Crippen LogP contribution is -2.43. The molecule has 1 aromatic heterocycles. The van der Waals surface area contributed by atoms with Gasteiger partial charge in [-0.25, -0.2) is 4.98 Å². The maximum Gasteiger partial charge on any atom is 0.123 e. The number of thioether (sulfide) groups is 1. The van der Waals surface area contributed by atoms with Gasteiger partial charge in [0.2, 0.25) is 0 Å². The molecule has 0 saturated heterocycles. The van der Waals surface area contributed by atoms with E-state index in [4.69, 9.17) is 10.7 Å². The monoisotopic (exact) mass is 276 g/mol. The third-order valence-electron chi connectivity index (χ3n) is 3.60. The molecule has 1 aromatic carbocycles. The summed E-state index contributed by atoms with van der Waals surface area (Å²) in [4.78, 5) is 6.00. The average Bonchev–Trinajstić information content (AvgIpc) is 2.86. The fourth-order valence-corrected chi connectivity index (χ4v) is 3.52. The Labute approximate surface area is 116 Å². The van der Waals surface area contributed by atoms with E-state index in [1.54, 1.807) is 23.1 Å². The summed E-state index contributed by atoms with van der Waals surface area (Å²) in [5.74, 6) is 0. The molecule has 0 atom stereocenters. The first-order valence-corrected chi connectivity index (χ1v) is 8.21. The number of nitrogens with zero attached hydrogens (tertiary/aromatic N) is 1. The molecule has 3 rings (SSSR count). The van der Waals surface area contributed by atoms with Crippen LogP contribution in [0.4, 0.5) is 0 Å². The molecule has 0 aliphatic heterocycles. The molecule has 2 aromatic rings. The number of hydrogen-bond acceptors (Lipinski definition) is 4. The SMILES string of the molecule is CSc1ccc(-c2nc(C3(N)CCC3)cs2)cc1. The Morgan fingerprint density at radius 3 is 2.56 bits per heavy atom. The van der Waals surface area contributed by atoms with E-state index in [2.05, 4.69) is 35.9 Å². The summed E-state index contributed by atoms with van der Waals surface area (Å²) in [6, 6.07) is 8.56. The zero-order valence-corrected chi connectivity index (χ0v) is 12.0. The smallest absolute Gasteiger partial charge is 0.123 e. The van der Waals surface area contributed by atoms with E-state index in [1.807, 2.05) is 0 Å². The summed E-state index contributed by atoms with van der Waals surface area (Å²) in [7, 11) is 0. The number of rotatable bonds is 3. The highest BCUT2D eigenvalue weighted by molar-refractivity contribution is 7.98. The molecule has 1 saturated carbocycles. The van der Waals surface area contributed by atoms with Gasteiger partial charge < -0.3 is 5.73 Å². The molecule has 1 aliphatic carbocycles. The van der Waals surface area contributed by atoms with Crippen molar-refractivity contribution in [3.8, 4) is 10.6 Å². The van der Waals surface area contributed by atoms with Crippen LogP contribution in [0.15, 0.2) is 34.5 Å². The Balaban J connectivity index is 1.88. The van der Waals surface area contributed by atoms with Crippen molar-refractivity contribution >= 4 is 23.1 Å². The quantitative estimate of drug-likeness (QED) is 0.865. The van der Waals surface area contributed by atoms with Crippen LogP contribution < -0.4 is 5.73 Å². The van der Waals surface area contributed by atoms with Crippen molar-refractivity contribution in [3.05, 3.63) is 35.3 Å². The van der Waals surface area contributed by atoms with Crippen LogP contribution in [-0.4, -0.2) is 11.2 Å². The number of hydrogen-bond donors (Lipinski definition) is 1. The van der Waals surface area contributed by atoms with Crippen molar-refractivity contribution in [3.63, 3.8) is 0 Å². The van der Waals surface area contributed by atoms with Crippen molar-refractivity contribution in [2.45, 2.75) is 29.7 Å². The molecule has 2 nitrogen and oxygen atoms in total. The van der Waals surface area contributed by atoms with Gasteiger partial charge >= 0.3 is 0 Å². The molecule has 1 heterocycles. The van der Waals surface area contributed by atoms with E-state index in [1.165, 1.54) is 16.9 Å². The van der Waals surface area contributed by atoms with Crippen molar-refractivity contribution in [1.82, 2.24) is 4.98 Å². The van der Waals surface area contributed by atoms with Gasteiger partial charge in [-0.15, -0.1) is 23.1 Å². The van der Waals surface area contributed by atoms with E-state index in [9.17, 15) is 0 Å². The highest BCUT2D eigenvalue weighted by Gasteiger charge is 2.36. The Morgan fingerprint density at radius 1 is 1.28 bits per heavy atom. The fraction of sp³-hybridized carbons (Fsp3) is 0.357. The van der Waals surface area contributed by atoms with Crippen LogP contribution in [-0.2, 0) is 5.54 Å². The number of thiazole rings is 1. The van der Waals surface area contributed by atoms with Crippen molar-refractivity contribution in [1.29, 1.82) is 0 Å². The third kappa shape index (κ3) is 2.09. The molecule has 4 heteroatoms. The van der Waals surface area contributed by atoms with E-state index in [-0.39, 0.29) is 5.54 Å². The van der Waals surface area contributed by atoms with E-state index in [0.717, 1.165) is 23.5 Å². The van der Waals surface area contributed by atoms with Gasteiger partial charge in [0.25, 0.3) is 0 Å². The highest BCUT2D eigenvalue weighted by Crippen LogP contribution is 2.40. The van der Waals surface area contributed by atoms with Gasteiger partial charge in [0, 0.05) is 15.8 Å². The van der Waals surface area contributed by atoms with Crippen LogP contribution in [0.25, 0.3) is 10.6 Å². The summed E-state index contributed by atoms with van der Waals surface area (Å²) in [5.41, 5.74) is 8.42. The molecular formula is C14H16N2S2. The predicted octanol–water partition coefficient (Wildman–Crippen LogP) is 3.87. The van der Waals surface area contributed by atoms with E-state index >= 15 is 0 Å². The lowest BCUT2D eigenvalue weighted by atomic mass is 9.76. The number of aromatic nitrogens is 1. The predicted molar refractivity (Wildman–Crippen MR) is 79.0 cm³/mol. The van der Waals surface area contributed by atoms with Crippen molar-refractivity contribution in [2.24, 2.45) is 5.73 Å². The van der Waals surface area contributed by atoms with Gasteiger partial charge in [-0.05, 0) is 37.7 Å². The topological polar surface area (TPSA) is 38.9 Å². The minimum atomic E-state index is -0.145. The highest BCUT2D eigenvalue weighted by atomic mass is 32.2. The maximum absolute atomic E-state index is 6.30. The molecule has 0 unspecified atom stereocenters. The Morgan fingerprint density at radius 2 is 2.00 bits per heavy atom. The van der Waals surface area contributed by atoms with Crippen LogP contribution in [0.3, 0.4) is 0 Å². The summed E-state index contributed by atoms with van der Waals surface area (Å²) in [6.07, 6.45) is 5.46. The molecule has 0 amide bonds. The molecule has 1 fully saturated rings. The molecule has 1 aliphatic rings. The summed E-state index contributed by atoms with van der Waals surface area (Å²) < 4.78 is 0. The van der Waals surface area contributed by atoms with Crippen LogP contribution in [0.5, 0.6) is 0 Å². The normalized spacial score (nSPS) is 17.4. The van der Waals surface area contributed by atoms with Gasteiger partial charge in [0.15, 0.2) is 0 Å². The lowest BCUT2D eigenvalue weighted by Gasteiger charge is -2.36.